The monoisotopic (exact) mass is 351 g/mol. The molecule has 1 aliphatic heterocycles. The van der Waals surface area contributed by atoms with Crippen molar-refractivity contribution in [2.24, 2.45) is 10.7 Å². The minimum absolute atomic E-state index is 0.0617. The lowest BCUT2D eigenvalue weighted by atomic mass is 10.2. The summed E-state index contributed by atoms with van der Waals surface area (Å²) in [6.45, 7) is 0. The van der Waals surface area contributed by atoms with Crippen LogP contribution < -0.4 is 25.8 Å². The van der Waals surface area contributed by atoms with Gasteiger partial charge in [0.2, 0.25) is 17.8 Å². The van der Waals surface area contributed by atoms with Gasteiger partial charge in [0.1, 0.15) is 16.7 Å². The van der Waals surface area contributed by atoms with Crippen molar-refractivity contribution in [2.75, 3.05) is 19.5 Å². The average molecular weight is 351 g/mol. The molecular formula is C14H17N5O4S. The van der Waals surface area contributed by atoms with Gasteiger partial charge in [-0.2, -0.15) is 4.99 Å². The van der Waals surface area contributed by atoms with E-state index in [1.165, 1.54) is 14.2 Å². The van der Waals surface area contributed by atoms with E-state index in [9.17, 15) is 9.59 Å². The van der Waals surface area contributed by atoms with Crippen LogP contribution in [0.2, 0.25) is 0 Å². The predicted octanol–water partition coefficient (Wildman–Crippen LogP) is 0.513. The van der Waals surface area contributed by atoms with E-state index in [2.05, 4.69) is 15.6 Å². The maximum Gasteiger partial charge on any atom is 0.240 e. The van der Waals surface area contributed by atoms with Gasteiger partial charge in [0.25, 0.3) is 0 Å². The van der Waals surface area contributed by atoms with Gasteiger partial charge >= 0.3 is 0 Å². The van der Waals surface area contributed by atoms with Crippen molar-refractivity contribution in [3.8, 4) is 11.5 Å². The van der Waals surface area contributed by atoms with Crippen molar-refractivity contribution in [3.63, 3.8) is 0 Å². The molecule has 2 amide bonds. The summed E-state index contributed by atoms with van der Waals surface area (Å²) < 4.78 is 10.3. The Morgan fingerprint density at radius 3 is 2.83 bits per heavy atom. The van der Waals surface area contributed by atoms with Crippen molar-refractivity contribution in [3.05, 3.63) is 18.2 Å². The first-order valence-electron chi connectivity index (χ1n) is 6.85. The number of carbonyl (C=O) groups excluding carboxylic acids is 2. The molecule has 5 N–H and O–H groups in total. The van der Waals surface area contributed by atoms with Crippen LogP contribution in [0.5, 0.6) is 11.5 Å². The lowest BCUT2D eigenvalue weighted by Crippen LogP contribution is -2.28. The summed E-state index contributed by atoms with van der Waals surface area (Å²) in [6, 6.07) is 5.00. The second-order valence-corrected chi connectivity index (χ2v) is 5.91. The highest BCUT2D eigenvalue weighted by Gasteiger charge is 2.32. The molecule has 1 aliphatic rings. The molecule has 0 saturated carbocycles. The third-order valence-corrected chi connectivity index (χ3v) is 4.13. The fourth-order valence-electron chi connectivity index (χ4n) is 1.98. The fraction of sp³-hybridized carbons (Fsp3) is 0.286. The second kappa shape index (κ2) is 7.68. The summed E-state index contributed by atoms with van der Waals surface area (Å²) >= 11 is 1.06. The number of benzene rings is 1. The number of hydrogen-bond donors (Lipinski definition) is 4. The summed E-state index contributed by atoms with van der Waals surface area (Å²) in [5.74, 6) is -0.0866. The topological polar surface area (TPSA) is 139 Å². The number of ether oxygens (including phenoxy) is 2. The molecule has 1 aromatic carbocycles. The fourth-order valence-corrected chi connectivity index (χ4v) is 2.96. The van der Waals surface area contributed by atoms with Crippen LogP contribution in [-0.4, -0.2) is 42.4 Å². The maximum atomic E-state index is 12.2. The van der Waals surface area contributed by atoms with Crippen molar-refractivity contribution in [1.82, 2.24) is 5.32 Å². The van der Waals surface area contributed by atoms with Gasteiger partial charge in [-0.05, 0) is 12.1 Å². The Kier molecular flexibility index (Phi) is 5.64. The second-order valence-electron chi connectivity index (χ2n) is 4.72. The molecular weight excluding hydrogens is 334 g/mol. The van der Waals surface area contributed by atoms with Crippen LogP contribution in [0.3, 0.4) is 0 Å². The van der Waals surface area contributed by atoms with Gasteiger partial charge in [-0.15, -0.1) is 0 Å². The number of thioether (sulfide) groups is 1. The number of nitrogens with zero attached hydrogens (tertiary/aromatic N) is 1. The molecule has 2 rings (SSSR count). The minimum Gasteiger partial charge on any atom is -0.497 e. The van der Waals surface area contributed by atoms with E-state index in [4.69, 9.17) is 20.6 Å². The number of amidine groups is 1. The molecule has 0 aliphatic carbocycles. The number of methoxy groups -OCH3 is 2. The van der Waals surface area contributed by atoms with Crippen molar-refractivity contribution in [1.29, 1.82) is 5.41 Å². The Morgan fingerprint density at radius 1 is 1.46 bits per heavy atom. The van der Waals surface area contributed by atoms with Crippen molar-refractivity contribution >= 4 is 40.4 Å². The summed E-state index contributed by atoms with van der Waals surface area (Å²) in [5, 5.41) is 11.8. The number of nitrogens with two attached hydrogens (primary N) is 1. The molecule has 24 heavy (non-hydrogen) atoms. The quantitative estimate of drug-likeness (QED) is 0.450. The predicted molar refractivity (Wildman–Crippen MR) is 91.7 cm³/mol. The Hall–Kier alpha value is -2.75. The van der Waals surface area contributed by atoms with E-state index in [0.29, 0.717) is 17.2 Å². The summed E-state index contributed by atoms with van der Waals surface area (Å²) in [6.07, 6.45) is -0.0617. The van der Waals surface area contributed by atoms with Crippen LogP contribution in [0.15, 0.2) is 23.2 Å². The largest absolute Gasteiger partial charge is 0.497 e. The SMILES string of the molecule is COc1ccc(OC)c(NC(=O)CC2SC(=NC(=N)N)NC2=O)c1. The standard InChI is InChI=1S/C14H17N5O4S/c1-22-7-3-4-9(23-2)8(5-7)17-11(20)6-10-12(21)18-14(24-10)19-13(15)16/h3-5,10H,6H2,1-2H3,(H,17,20)(H4,15,16,18,19,21). The number of amides is 2. The molecule has 128 valence electrons. The molecule has 10 heteroatoms. The molecule has 1 unspecified atom stereocenters. The Morgan fingerprint density at radius 2 is 2.21 bits per heavy atom. The Balaban J connectivity index is 2.04. The molecule has 0 aromatic heterocycles. The van der Waals surface area contributed by atoms with Gasteiger partial charge in [0.15, 0.2) is 5.17 Å². The van der Waals surface area contributed by atoms with Gasteiger partial charge in [-0.25, -0.2) is 0 Å². The van der Waals surface area contributed by atoms with Crippen molar-refractivity contribution in [2.45, 2.75) is 11.7 Å². The zero-order valence-electron chi connectivity index (χ0n) is 13.1. The third-order valence-electron chi connectivity index (χ3n) is 3.05. The summed E-state index contributed by atoms with van der Waals surface area (Å²) in [5.41, 5.74) is 5.60. The molecule has 1 fully saturated rings. The molecule has 0 radical (unpaired) electrons. The van der Waals surface area contributed by atoms with E-state index in [0.717, 1.165) is 11.8 Å². The number of rotatable bonds is 5. The smallest absolute Gasteiger partial charge is 0.240 e. The van der Waals surface area contributed by atoms with Crippen LogP contribution in [0.1, 0.15) is 6.42 Å². The molecule has 1 heterocycles. The Labute approximate surface area is 142 Å². The molecule has 9 nitrogen and oxygen atoms in total. The number of aliphatic imine (C=N–C) groups is 1. The first-order valence-corrected chi connectivity index (χ1v) is 7.73. The number of hydrogen-bond acceptors (Lipinski definition) is 6. The zero-order valence-corrected chi connectivity index (χ0v) is 13.9. The van der Waals surface area contributed by atoms with Gasteiger partial charge in [0, 0.05) is 12.5 Å². The van der Waals surface area contributed by atoms with Crippen LogP contribution in [-0.2, 0) is 9.59 Å². The average Bonchev–Trinajstić information content (AvgIpc) is 2.85. The van der Waals surface area contributed by atoms with Gasteiger partial charge < -0.3 is 25.8 Å². The van der Waals surface area contributed by atoms with E-state index in [1.54, 1.807) is 18.2 Å². The van der Waals surface area contributed by atoms with E-state index in [-0.39, 0.29) is 23.4 Å². The van der Waals surface area contributed by atoms with Gasteiger partial charge in [-0.3, -0.25) is 15.0 Å². The number of anilines is 1. The van der Waals surface area contributed by atoms with Crippen LogP contribution in [0.25, 0.3) is 0 Å². The third kappa shape index (κ3) is 4.38. The Bertz CT molecular complexity index is 706. The molecule has 0 spiro atoms. The molecule has 1 saturated heterocycles. The first kappa shape index (κ1) is 17.6. The highest BCUT2D eigenvalue weighted by molar-refractivity contribution is 8.15. The van der Waals surface area contributed by atoms with Gasteiger partial charge in [0.05, 0.1) is 19.9 Å². The maximum absolute atomic E-state index is 12.2. The zero-order chi connectivity index (χ0) is 17.7. The summed E-state index contributed by atoms with van der Waals surface area (Å²) in [7, 11) is 3.00. The highest BCUT2D eigenvalue weighted by Crippen LogP contribution is 2.30. The molecule has 1 aromatic rings. The highest BCUT2D eigenvalue weighted by atomic mass is 32.2. The molecule has 1 atom stereocenters. The minimum atomic E-state index is -0.639. The van der Waals surface area contributed by atoms with Crippen LogP contribution in [0, 0.1) is 5.41 Å². The lowest BCUT2D eigenvalue weighted by Gasteiger charge is -2.12. The molecule has 0 bridgehead atoms. The summed E-state index contributed by atoms with van der Waals surface area (Å²) in [4.78, 5) is 27.7. The lowest BCUT2D eigenvalue weighted by molar-refractivity contribution is -0.122. The van der Waals surface area contributed by atoms with E-state index in [1.807, 2.05) is 0 Å². The van der Waals surface area contributed by atoms with Crippen LogP contribution >= 0.6 is 11.8 Å². The van der Waals surface area contributed by atoms with Gasteiger partial charge in [-0.1, -0.05) is 11.8 Å². The number of nitrogens with one attached hydrogen (secondary N) is 3. The first-order chi connectivity index (χ1) is 11.4. The van der Waals surface area contributed by atoms with Crippen LogP contribution in [0.4, 0.5) is 5.69 Å². The number of carbonyl (C=O) groups is 2. The van der Waals surface area contributed by atoms with E-state index >= 15 is 0 Å². The van der Waals surface area contributed by atoms with Crippen molar-refractivity contribution < 1.29 is 19.1 Å². The van der Waals surface area contributed by atoms with E-state index < -0.39 is 11.2 Å². The normalized spacial score (nSPS) is 18.2. The number of guanidine groups is 1.